The number of hydrogen-bond acceptors (Lipinski definition) is 2. The average molecular weight is 343 g/mol. The summed E-state index contributed by atoms with van der Waals surface area (Å²) in [5.74, 6) is 0.683. The van der Waals surface area contributed by atoms with E-state index in [0.29, 0.717) is 16.5 Å². The van der Waals surface area contributed by atoms with Crippen LogP contribution in [0.5, 0.6) is 0 Å². The molecule has 3 atom stereocenters. The first kappa shape index (κ1) is 17.3. The van der Waals surface area contributed by atoms with E-state index in [1.165, 1.54) is 0 Å². The topological polar surface area (TPSA) is 58.2 Å². The second kappa shape index (κ2) is 7.97. The van der Waals surface area contributed by atoms with E-state index in [1.807, 2.05) is 26.0 Å². The van der Waals surface area contributed by atoms with E-state index in [0.717, 1.165) is 31.2 Å². The Balaban J connectivity index is 1.91. The molecule has 0 aliphatic heterocycles. The van der Waals surface area contributed by atoms with Crippen LogP contribution in [0.2, 0.25) is 5.02 Å². The molecule has 0 aromatic heterocycles. The van der Waals surface area contributed by atoms with Crippen molar-refractivity contribution in [2.75, 3.05) is 11.1 Å². The Bertz CT molecular complexity index is 565. The van der Waals surface area contributed by atoms with Crippen LogP contribution in [0, 0.1) is 6.92 Å². The third kappa shape index (κ3) is 4.46. The van der Waals surface area contributed by atoms with Gasteiger partial charge in [-0.15, -0.1) is 0 Å². The molecule has 0 heterocycles. The van der Waals surface area contributed by atoms with Gasteiger partial charge in [0, 0.05) is 27.8 Å². The Labute approximate surface area is 139 Å². The number of nitrogens with one attached hydrogen (secondary N) is 2. The van der Waals surface area contributed by atoms with Crippen LogP contribution in [-0.4, -0.2) is 27.3 Å². The number of aryl methyl sites for hydroxylation is 1. The van der Waals surface area contributed by atoms with E-state index in [1.54, 1.807) is 6.07 Å². The Morgan fingerprint density at radius 1 is 1.41 bits per heavy atom. The van der Waals surface area contributed by atoms with Gasteiger partial charge in [0.2, 0.25) is 0 Å². The maximum Gasteiger partial charge on any atom is 0.319 e. The molecule has 6 heteroatoms. The van der Waals surface area contributed by atoms with E-state index in [2.05, 4.69) is 10.6 Å². The molecule has 1 aromatic carbocycles. The van der Waals surface area contributed by atoms with Gasteiger partial charge in [0.25, 0.3) is 0 Å². The van der Waals surface area contributed by atoms with Gasteiger partial charge in [-0.25, -0.2) is 4.79 Å². The van der Waals surface area contributed by atoms with Gasteiger partial charge in [-0.2, -0.15) is 0 Å². The van der Waals surface area contributed by atoms with Crippen LogP contribution in [0.3, 0.4) is 0 Å². The SMILES string of the molecule is CC[S@](=O)[C@@H]1CCC[C@@H](NC(=O)Nc2cccc(C)c2Cl)C1. The van der Waals surface area contributed by atoms with Crippen LogP contribution in [-0.2, 0) is 10.8 Å². The molecule has 22 heavy (non-hydrogen) atoms. The highest BCUT2D eigenvalue weighted by atomic mass is 35.5. The van der Waals surface area contributed by atoms with Gasteiger partial charge in [-0.3, -0.25) is 4.21 Å². The largest absolute Gasteiger partial charge is 0.335 e. The number of benzene rings is 1. The predicted molar refractivity (Wildman–Crippen MR) is 93.1 cm³/mol. The molecule has 2 N–H and O–H groups in total. The number of carbonyl (C=O) groups excluding carboxylic acids is 1. The van der Waals surface area contributed by atoms with Crippen molar-refractivity contribution < 1.29 is 9.00 Å². The highest BCUT2D eigenvalue weighted by Crippen LogP contribution is 2.26. The van der Waals surface area contributed by atoms with E-state index < -0.39 is 10.8 Å². The fourth-order valence-electron chi connectivity index (χ4n) is 2.84. The Morgan fingerprint density at radius 2 is 2.18 bits per heavy atom. The molecular weight excluding hydrogens is 320 g/mol. The van der Waals surface area contributed by atoms with Gasteiger partial charge >= 0.3 is 6.03 Å². The third-order valence-electron chi connectivity index (χ3n) is 4.06. The lowest BCUT2D eigenvalue weighted by Gasteiger charge is -2.29. The molecule has 0 bridgehead atoms. The first-order valence-corrected chi connectivity index (χ1v) is 9.47. The highest BCUT2D eigenvalue weighted by Gasteiger charge is 2.26. The van der Waals surface area contributed by atoms with Crippen molar-refractivity contribution in [3.05, 3.63) is 28.8 Å². The summed E-state index contributed by atoms with van der Waals surface area (Å²) in [5, 5.41) is 6.54. The van der Waals surface area contributed by atoms with Crippen molar-refractivity contribution in [1.29, 1.82) is 0 Å². The Kier molecular flexibility index (Phi) is 6.26. The van der Waals surface area contributed by atoms with Gasteiger partial charge < -0.3 is 10.6 Å². The molecule has 1 aliphatic carbocycles. The average Bonchev–Trinajstić information content (AvgIpc) is 2.51. The molecule has 4 nitrogen and oxygen atoms in total. The van der Waals surface area contributed by atoms with Crippen LogP contribution >= 0.6 is 11.6 Å². The summed E-state index contributed by atoms with van der Waals surface area (Å²) in [5.41, 5.74) is 1.54. The number of halogens is 1. The van der Waals surface area contributed by atoms with Crippen LogP contribution in [0.25, 0.3) is 0 Å². The van der Waals surface area contributed by atoms with Crippen molar-refractivity contribution >= 4 is 34.1 Å². The van der Waals surface area contributed by atoms with Gasteiger partial charge in [0.15, 0.2) is 0 Å². The molecule has 0 unspecified atom stereocenters. The van der Waals surface area contributed by atoms with Crippen LogP contribution in [0.15, 0.2) is 18.2 Å². The fourth-order valence-corrected chi connectivity index (χ4v) is 4.36. The molecule has 122 valence electrons. The first-order chi connectivity index (χ1) is 10.5. The van der Waals surface area contributed by atoms with E-state index >= 15 is 0 Å². The minimum Gasteiger partial charge on any atom is -0.335 e. The van der Waals surface area contributed by atoms with Gasteiger partial charge in [0.05, 0.1) is 10.7 Å². The van der Waals surface area contributed by atoms with Crippen LogP contribution in [0.1, 0.15) is 38.2 Å². The van der Waals surface area contributed by atoms with Crippen molar-refractivity contribution in [2.24, 2.45) is 0 Å². The van der Waals surface area contributed by atoms with Crippen molar-refractivity contribution in [3.8, 4) is 0 Å². The zero-order chi connectivity index (χ0) is 16.1. The van der Waals surface area contributed by atoms with E-state index in [-0.39, 0.29) is 17.3 Å². The molecule has 0 spiro atoms. The lowest BCUT2D eigenvalue weighted by molar-refractivity contribution is 0.244. The Hall–Kier alpha value is -1.07. The number of carbonyl (C=O) groups is 1. The minimum absolute atomic E-state index is 0.0813. The van der Waals surface area contributed by atoms with Gasteiger partial charge in [-0.1, -0.05) is 37.1 Å². The summed E-state index contributed by atoms with van der Waals surface area (Å²) in [6.07, 6.45) is 3.72. The molecule has 1 aromatic rings. The molecule has 2 amide bonds. The third-order valence-corrected chi connectivity index (χ3v) is 6.30. The van der Waals surface area contributed by atoms with Gasteiger partial charge in [-0.05, 0) is 37.8 Å². The highest BCUT2D eigenvalue weighted by molar-refractivity contribution is 7.85. The summed E-state index contributed by atoms with van der Waals surface area (Å²) in [6, 6.07) is 5.37. The maximum atomic E-state index is 12.1. The normalized spacial score (nSPS) is 22.9. The second-order valence-electron chi connectivity index (χ2n) is 5.69. The predicted octanol–water partition coefficient (Wildman–Crippen LogP) is 3.85. The van der Waals surface area contributed by atoms with Crippen LogP contribution < -0.4 is 10.6 Å². The summed E-state index contributed by atoms with van der Waals surface area (Å²) in [6.45, 7) is 3.84. The quantitative estimate of drug-likeness (QED) is 0.873. The number of hydrogen-bond donors (Lipinski definition) is 2. The molecular formula is C16H23ClN2O2S. The summed E-state index contributed by atoms with van der Waals surface area (Å²) < 4.78 is 11.9. The molecule has 1 aliphatic rings. The standard InChI is InChI=1S/C16H23ClN2O2S/c1-3-22(21)13-8-5-7-12(10-13)18-16(20)19-14-9-4-6-11(2)15(14)17/h4,6,9,12-13H,3,5,7-8,10H2,1-2H3,(H2,18,19,20)/t12-,13-,22+/m1/s1. The minimum atomic E-state index is -0.786. The number of anilines is 1. The van der Waals surface area contributed by atoms with Crippen molar-refractivity contribution in [3.63, 3.8) is 0 Å². The van der Waals surface area contributed by atoms with Crippen LogP contribution in [0.4, 0.5) is 10.5 Å². The van der Waals surface area contributed by atoms with Crippen molar-refractivity contribution in [1.82, 2.24) is 5.32 Å². The molecule has 0 saturated heterocycles. The zero-order valence-corrected chi connectivity index (χ0v) is 14.6. The summed E-state index contributed by atoms with van der Waals surface area (Å²) in [7, 11) is -0.786. The molecule has 2 rings (SSSR count). The van der Waals surface area contributed by atoms with E-state index in [4.69, 9.17) is 11.6 Å². The zero-order valence-electron chi connectivity index (χ0n) is 13.0. The number of urea groups is 1. The number of rotatable bonds is 4. The van der Waals surface area contributed by atoms with Crippen molar-refractivity contribution in [2.45, 2.75) is 50.8 Å². The molecule has 0 radical (unpaired) electrons. The maximum absolute atomic E-state index is 12.1. The lowest BCUT2D eigenvalue weighted by Crippen LogP contribution is -2.43. The number of amides is 2. The second-order valence-corrected chi connectivity index (χ2v) is 8.07. The summed E-state index contributed by atoms with van der Waals surface area (Å²) >= 11 is 6.18. The monoisotopic (exact) mass is 342 g/mol. The molecule has 1 fully saturated rings. The molecule has 1 saturated carbocycles. The fraction of sp³-hybridized carbons (Fsp3) is 0.562. The lowest BCUT2D eigenvalue weighted by atomic mass is 9.95. The first-order valence-electron chi connectivity index (χ1n) is 7.71. The summed E-state index contributed by atoms with van der Waals surface area (Å²) in [4.78, 5) is 12.1. The van der Waals surface area contributed by atoms with E-state index in [9.17, 15) is 9.00 Å². The Morgan fingerprint density at radius 3 is 2.91 bits per heavy atom. The smallest absolute Gasteiger partial charge is 0.319 e. The van der Waals surface area contributed by atoms with Gasteiger partial charge in [0.1, 0.15) is 0 Å².